The van der Waals surface area contributed by atoms with Gasteiger partial charge in [-0.1, -0.05) is 11.6 Å². The highest BCUT2D eigenvalue weighted by atomic mass is 35.5. The highest BCUT2D eigenvalue weighted by molar-refractivity contribution is 7.12. The molecule has 3 rings (SSSR count). The van der Waals surface area contributed by atoms with Crippen LogP contribution in [0.5, 0.6) is 0 Å². The Kier molecular flexibility index (Phi) is 6.87. The number of nitrogens with one attached hydrogen (secondary N) is 2. The molecule has 1 saturated carbocycles. The molecule has 0 aliphatic heterocycles. The van der Waals surface area contributed by atoms with Crippen molar-refractivity contribution in [1.29, 1.82) is 0 Å². The zero-order chi connectivity index (χ0) is 21.0. The van der Waals surface area contributed by atoms with Crippen LogP contribution in [-0.4, -0.2) is 40.7 Å². The van der Waals surface area contributed by atoms with E-state index in [9.17, 15) is 14.4 Å². The lowest BCUT2D eigenvalue weighted by molar-refractivity contribution is -0.130. The van der Waals surface area contributed by atoms with Crippen molar-refractivity contribution >= 4 is 52.2 Å². The van der Waals surface area contributed by atoms with Crippen LogP contribution in [0.25, 0.3) is 0 Å². The van der Waals surface area contributed by atoms with Crippen molar-refractivity contribution in [3.8, 4) is 0 Å². The molecular formula is C20H23ClN4O3S. The van der Waals surface area contributed by atoms with Crippen LogP contribution < -0.4 is 10.6 Å². The Bertz CT molecular complexity index is 891. The average molecular weight is 435 g/mol. The maximum Gasteiger partial charge on any atom is 0.269 e. The molecule has 0 atom stereocenters. The standard InChI is InChI=1S/C20H23ClN4O3S/c1-12(26)25(2)15-6-3-13(4-7-15)19(27)23-16-9-10-29-18(16)20(28)24-17-8-5-14(21)11-22-17/h5,8-11,13,15H,3-4,6-7H2,1-2H3,(H,23,27)(H,22,24,28)/t13-,15-. The van der Waals surface area contributed by atoms with Crippen molar-refractivity contribution in [2.75, 3.05) is 17.7 Å². The van der Waals surface area contributed by atoms with Crippen LogP contribution in [-0.2, 0) is 9.59 Å². The molecule has 2 aromatic rings. The number of hydrogen-bond donors (Lipinski definition) is 2. The Morgan fingerprint density at radius 2 is 1.86 bits per heavy atom. The maximum atomic E-state index is 12.7. The molecule has 1 aliphatic carbocycles. The van der Waals surface area contributed by atoms with Crippen LogP contribution in [0.4, 0.5) is 11.5 Å². The molecule has 29 heavy (non-hydrogen) atoms. The third-order valence-corrected chi connectivity index (χ3v) is 6.35. The first-order valence-electron chi connectivity index (χ1n) is 9.40. The van der Waals surface area contributed by atoms with Crippen LogP contribution in [0.1, 0.15) is 42.3 Å². The molecule has 7 nitrogen and oxygen atoms in total. The summed E-state index contributed by atoms with van der Waals surface area (Å²) in [7, 11) is 1.80. The lowest BCUT2D eigenvalue weighted by atomic mass is 9.85. The fraction of sp³-hybridized carbons (Fsp3) is 0.400. The lowest BCUT2D eigenvalue weighted by Crippen LogP contribution is -2.40. The fourth-order valence-corrected chi connectivity index (χ4v) is 4.28. The predicted octanol–water partition coefficient (Wildman–Crippen LogP) is 4.02. The number of pyridine rings is 1. The van der Waals surface area contributed by atoms with Crippen molar-refractivity contribution in [2.45, 2.75) is 38.6 Å². The van der Waals surface area contributed by atoms with Gasteiger partial charge in [0.2, 0.25) is 11.8 Å². The van der Waals surface area contributed by atoms with E-state index in [0.29, 0.717) is 34.2 Å². The molecular weight excluding hydrogens is 412 g/mol. The molecule has 0 saturated heterocycles. The Morgan fingerprint density at radius 3 is 2.48 bits per heavy atom. The van der Waals surface area contributed by atoms with Gasteiger partial charge in [-0.15, -0.1) is 11.3 Å². The van der Waals surface area contributed by atoms with Crippen molar-refractivity contribution in [1.82, 2.24) is 9.88 Å². The van der Waals surface area contributed by atoms with E-state index < -0.39 is 0 Å². The van der Waals surface area contributed by atoms with Gasteiger partial charge in [0.25, 0.3) is 5.91 Å². The fourth-order valence-electron chi connectivity index (χ4n) is 3.42. The van der Waals surface area contributed by atoms with Crippen molar-refractivity contribution in [2.24, 2.45) is 5.92 Å². The minimum absolute atomic E-state index is 0.0435. The second-order valence-corrected chi connectivity index (χ2v) is 8.46. The Hall–Kier alpha value is -2.45. The minimum atomic E-state index is -0.336. The summed E-state index contributed by atoms with van der Waals surface area (Å²) >= 11 is 7.06. The first-order chi connectivity index (χ1) is 13.8. The monoisotopic (exact) mass is 434 g/mol. The third-order valence-electron chi connectivity index (χ3n) is 5.21. The smallest absolute Gasteiger partial charge is 0.269 e. The SMILES string of the molecule is CC(=O)N(C)[C@H]1CC[C@H](C(=O)Nc2ccsc2C(=O)Nc2ccc(Cl)cn2)CC1. The Balaban J connectivity index is 1.58. The lowest BCUT2D eigenvalue weighted by Gasteiger charge is -2.33. The molecule has 0 radical (unpaired) electrons. The van der Waals surface area contributed by atoms with E-state index in [1.807, 2.05) is 0 Å². The molecule has 9 heteroatoms. The topological polar surface area (TPSA) is 91.4 Å². The summed E-state index contributed by atoms with van der Waals surface area (Å²) in [5.74, 6) is -0.122. The molecule has 0 aromatic carbocycles. The number of rotatable bonds is 5. The average Bonchev–Trinajstić information content (AvgIpc) is 3.17. The van der Waals surface area contributed by atoms with E-state index in [2.05, 4.69) is 15.6 Å². The zero-order valence-corrected chi connectivity index (χ0v) is 17.8. The number of nitrogens with zero attached hydrogens (tertiary/aromatic N) is 2. The number of aromatic nitrogens is 1. The summed E-state index contributed by atoms with van der Waals surface area (Å²) in [6.45, 7) is 1.56. The molecule has 0 spiro atoms. The number of halogens is 1. The number of hydrogen-bond acceptors (Lipinski definition) is 5. The largest absolute Gasteiger partial charge is 0.343 e. The van der Waals surface area contributed by atoms with Gasteiger partial charge in [0, 0.05) is 32.1 Å². The number of carbonyl (C=O) groups is 3. The van der Waals surface area contributed by atoms with Gasteiger partial charge < -0.3 is 15.5 Å². The molecule has 2 N–H and O–H groups in total. The molecule has 0 unspecified atom stereocenters. The molecule has 0 bridgehead atoms. The highest BCUT2D eigenvalue weighted by Crippen LogP contribution is 2.30. The summed E-state index contributed by atoms with van der Waals surface area (Å²) in [5, 5.41) is 7.84. The van der Waals surface area contributed by atoms with Crippen LogP contribution in [0, 0.1) is 5.92 Å². The number of thiophene rings is 1. The summed E-state index contributed by atoms with van der Waals surface area (Å²) in [4.78, 5) is 43.0. The second kappa shape index (κ2) is 9.37. The Labute approximate surface area is 178 Å². The summed E-state index contributed by atoms with van der Waals surface area (Å²) in [6.07, 6.45) is 4.48. The van der Waals surface area contributed by atoms with Gasteiger partial charge in [0.1, 0.15) is 10.7 Å². The van der Waals surface area contributed by atoms with Crippen molar-refractivity contribution in [3.05, 3.63) is 39.7 Å². The van der Waals surface area contributed by atoms with Gasteiger partial charge >= 0.3 is 0 Å². The molecule has 2 heterocycles. The third kappa shape index (κ3) is 5.33. The Morgan fingerprint density at radius 1 is 1.14 bits per heavy atom. The molecule has 1 fully saturated rings. The van der Waals surface area contributed by atoms with E-state index in [1.165, 1.54) is 17.5 Å². The van der Waals surface area contributed by atoms with Crippen LogP contribution in [0.3, 0.4) is 0 Å². The van der Waals surface area contributed by atoms with Crippen LogP contribution in [0.2, 0.25) is 5.02 Å². The van der Waals surface area contributed by atoms with E-state index >= 15 is 0 Å². The van der Waals surface area contributed by atoms with Crippen LogP contribution in [0.15, 0.2) is 29.8 Å². The quantitative estimate of drug-likeness (QED) is 0.743. The van der Waals surface area contributed by atoms with Crippen molar-refractivity contribution in [3.63, 3.8) is 0 Å². The van der Waals surface area contributed by atoms with Gasteiger partial charge in [0.05, 0.1) is 10.7 Å². The summed E-state index contributed by atoms with van der Waals surface area (Å²) < 4.78 is 0. The van der Waals surface area contributed by atoms with E-state index in [4.69, 9.17) is 11.6 Å². The minimum Gasteiger partial charge on any atom is -0.343 e. The van der Waals surface area contributed by atoms with E-state index in [0.717, 1.165) is 12.8 Å². The normalized spacial score (nSPS) is 18.7. The first-order valence-corrected chi connectivity index (χ1v) is 10.7. The van der Waals surface area contributed by atoms with Crippen molar-refractivity contribution < 1.29 is 14.4 Å². The maximum absolute atomic E-state index is 12.7. The molecule has 3 amide bonds. The predicted molar refractivity (Wildman–Crippen MR) is 114 cm³/mol. The molecule has 2 aromatic heterocycles. The number of anilines is 2. The number of carbonyl (C=O) groups excluding carboxylic acids is 3. The second-order valence-electron chi connectivity index (χ2n) is 7.10. The molecule has 1 aliphatic rings. The first kappa shape index (κ1) is 21.3. The van der Waals surface area contributed by atoms with Gasteiger partial charge in [-0.25, -0.2) is 4.98 Å². The van der Waals surface area contributed by atoms with Gasteiger partial charge in [-0.3, -0.25) is 14.4 Å². The molecule has 154 valence electrons. The summed E-state index contributed by atoms with van der Waals surface area (Å²) in [6, 6.07) is 5.16. The number of amides is 3. The zero-order valence-electron chi connectivity index (χ0n) is 16.3. The highest BCUT2D eigenvalue weighted by Gasteiger charge is 2.29. The van der Waals surface area contributed by atoms with Gasteiger partial charge in [0.15, 0.2) is 0 Å². The summed E-state index contributed by atoms with van der Waals surface area (Å²) in [5.41, 5.74) is 0.495. The van der Waals surface area contributed by atoms with Gasteiger partial charge in [-0.05, 0) is 49.3 Å². The van der Waals surface area contributed by atoms with Crippen LogP contribution >= 0.6 is 22.9 Å². The van der Waals surface area contributed by atoms with E-state index in [-0.39, 0.29) is 29.7 Å². The van der Waals surface area contributed by atoms with E-state index in [1.54, 1.807) is 42.5 Å². The van der Waals surface area contributed by atoms with Gasteiger partial charge in [-0.2, -0.15) is 0 Å².